The maximum atomic E-state index is 10.1. The van der Waals surface area contributed by atoms with E-state index in [9.17, 15) is 9.59 Å². The second-order valence-corrected chi connectivity index (χ2v) is 2.60. The van der Waals surface area contributed by atoms with E-state index >= 15 is 0 Å². The quantitative estimate of drug-likeness (QED) is 0.700. The van der Waals surface area contributed by atoms with Gasteiger partial charge in [0.05, 0.1) is 0 Å². The number of hydrogen-bond acceptors (Lipinski definition) is 3. The van der Waals surface area contributed by atoms with Gasteiger partial charge in [-0.05, 0) is 6.26 Å². The number of rotatable bonds is 4. The van der Waals surface area contributed by atoms with Gasteiger partial charge in [0.2, 0.25) is 0 Å². The molecule has 0 rings (SSSR count). The first-order valence-electron chi connectivity index (χ1n) is 2.54. The summed E-state index contributed by atoms with van der Waals surface area (Å²) in [4.78, 5) is 20.3. The first kappa shape index (κ1) is 23.1. The van der Waals surface area contributed by atoms with Crippen molar-refractivity contribution in [1.29, 1.82) is 0 Å². The van der Waals surface area contributed by atoms with E-state index in [2.05, 4.69) is 0 Å². The van der Waals surface area contributed by atoms with Crippen LogP contribution >= 0.6 is 11.8 Å². The minimum atomic E-state index is -1.28. The fourth-order valence-electron chi connectivity index (χ4n) is 0.415. The van der Waals surface area contributed by atoms with Gasteiger partial charge in [0, 0.05) is 5.75 Å². The zero-order chi connectivity index (χ0) is 8.15. The predicted octanol–water partition coefficient (Wildman–Crippen LogP) is 1.57. The van der Waals surface area contributed by atoms with Crippen LogP contribution in [-0.2, 0) is 30.7 Å². The van der Waals surface area contributed by atoms with Gasteiger partial charge in [-0.25, -0.2) is 0 Å². The predicted molar refractivity (Wildman–Crippen MR) is 47.7 cm³/mol. The number of carboxylic acid groups (broad SMARTS) is 2. The molecule has 0 aromatic rings. The monoisotopic (exact) mass is 391 g/mol. The van der Waals surface area contributed by atoms with E-state index in [0.29, 0.717) is 0 Å². The summed E-state index contributed by atoms with van der Waals surface area (Å²) in [6, 6.07) is 0. The Kier molecular flexibility index (Phi) is 21.1. The van der Waals surface area contributed by atoms with Gasteiger partial charge < -0.3 is 22.5 Å². The number of carboxylic acids is 2. The van der Waals surface area contributed by atoms with Crippen LogP contribution in [0.2, 0.25) is 0 Å². The van der Waals surface area contributed by atoms with Crippen molar-refractivity contribution in [3.8, 4) is 0 Å². The molecule has 0 saturated carbocycles. The molecule has 82 valence electrons. The van der Waals surface area contributed by atoms with E-state index in [-0.39, 0.29) is 39.1 Å². The second-order valence-electron chi connectivity index (χ2n) is 1.68. The van der Waals surface area contributed by atoms with E-state index in [4.69, 9.17) is 10.2 Å². The molecule has 0 saturated heterocycles. The Bertz CT molecular complexity index is 143. The second kappa shape index (κ2) is 11.9. The van der Waals surface area contributed by atoms with Crippen LogP contribution in [0, 0.1) is 5.92 Å². The van der Waals surface area contributed by atoms with Crippen LogP contribution in [0.1, 0.15) is 0 Å². The molecule has 0 radical (unpaired) electrons. The van der Waals surface area contributed by atoms with Gasteiger partial charge in [-0.3, -0.25) is 9.59 Å². The number of thioether (sulfide) groups is 1. The fourth-order valence-corrected chi connectivity index (χ4v) is 1.03. The molecule has 0 spiro atoms. The normalized spacial score (nSPS) is 7.54. The maximum absolute atomic E-state index is 10.1. The molecule has 0 aliphatic heterocycles. The minimum absolute atomic E-state index is 0. The molecule has 13 heavy (non-hydrogen) atoms. The minimum Gasteiger partial charge on any atom is -0.693 e. The topological polar surface area (TPSA) is 142 Å². The Balaban J connectivity index is -0.000000135. The maximum Gasteiger partial charge on any atom is 2.00 e. The molecule has 0 aliphatic carbocycles. The summed E-state index contributed by atoms with van der Waals surface area (Å²) in [6.07, 6.45) is 1.67. The van der Waals surface area contributed by atoms with Crippen LogP contribution in [0.3, 0.4) is 0 Å². The molecular weight excluding hydrogens is 379 g/mol. The molecule has 0 aliphatic rings. The Hall–Kier alpha value is -0.102. The van der Waals surface area contributed by atoms with E-state index < -0.39 is 17.9 Å². The fraction of sp³-hybridized carbons (Fsp3) is 0.600. The summed E-state index contributed by atoms with van der Waals surface area (Å²) < 4.78 is 0. The van der Waals surface area contributed by atoms with E-state index in [1.165, 1.54) is 11.8 Å². The summed E-state index contributed by atoms with van der Waals surface area (Å²) in [6.45, 7) is 0. The van der Waals surface area contributed by atoms with Crippen LogP contribution in [-0.4, -0.2) is 34.2 Å². The molecular formula is C5H12N2O4PtS. The molecule has 0 bridgehead atoms. The van der Waals surface area contributed by atoms with E-state index in [1.807, 2.05) is 0 Å². The van der Waals surface area contributed by atoms with Crippen molar-refractivity contribution < 1.29 is 40.9 Å². The van der Waals surface area contributed by atoms with Crippen molar-refractivity contribution >= 4 is 23.7 Å². The van der Waals surface area contributed by atoms with Crippen molar-refractivity contribution in [1.82, 2.24) is 0 Å². The molecule has 0 atom stereocenters. The summed E-state index contributed by atoms with van der Waals surface area (Å²) in [7, 11) is 0. The molecule has 0 fully saturated rings. The molecule has 0 amide bonds. The molecule has 8 heteroatoms. The van der Waals surface area contributed by atoms with E-state index in [0.717, 1.165) is 0 Å². The Morgan fingerprint density at radius 1 is 1.23 bits per heavy atom. The number of nitrogens with two attached hydrogens (primary N) is 2. The zero-order valence-corrected chi connectivity index (χ0v) is 9.96. The van der Waals surface area contributed by atoms with Gasteiger partial charge in [0.1, 0.15) is 0 Å². The average Bonchev–Trinajstić information content (AvgIpc) is 1.81. The first-order valence-corrected chi connectivity index (χ1v) is 3.93. The Labute approximate surface area is 94.9 Å². The molecule has 0 unspecified atom stereocenters. The third-order valence-electron chi connectivity index (χ3n) is 0.930. The van der Waals surface area contributed by atoms with Crippen LogP contribution in [0.25, 0.3) is 12.3 Å². The van der Waals surface area contributed by atoms with Crippen molar-refractivity contribution in [2.45, 2.75) is 0 Å². The molecule has 6 N–H and O–H groups in total. The van der Waals surface area contributed by atoms with Crippen LogP contribution in [0.4, 0.5) is 0 Å². The van der Waals surface area contributed by atoms with Crippen molar-refractivity contribution in [3.63, 3.8) is 0 Å². The van der Waals surface area contributed by atoms with Crippen molar-refractivity contribution in [3.05, 3.63) is 12.3 Å². The van der Waals surface area contributed by atoms with Crippen molar-refractivity contribution in [2.24, 2.45) is 5.92 Å². The Morgan fingerprint density at radius 3 is 1.62 bits per heavy atom. The summed E-state index contributed by atoms with van der Waals surface area (Å²) in [5.74, 6) is -3.70. The molecule has 0 aromatic heterocycles. The SMILES string of the molecule is CSCC(C(=O)O)C(=O)O.[NH2-].[NH2-].[Pt+2]. The largest absolute Gasteiger partial charge is 2.00 e. The van der Waals surface area contributed by atoms with Gasteiger partial charge in [-0.15, -0.1) is 0 Å². The average molecular weight is 391 g/mol. The smallest absolute Gasteiger partial charge is 0.693 e. The third-order valence-corrected chi connectivity index (χ3v) is 1.60. The summed E-state index contributed by atoms with van der Waals surface area (Å²) in [5, 5.41) is 16.6. The summed E-state index contributed by atoms with van der Waals surface area (Å²) in [5.41, 5.74) is 0. The first-order chi connectivity index (χ1) is 4.59. The molecule has 6 nitrogen and oxygen atoms in total. The van der Waals surface area contributed by atoms with Crippen LogP contribution < -0.4 is 0 Å². The van der Waals surface area contributed by atoms with Crippen LogP contribution in [0.15, 0.2) is 0 Å². The van der Waals surface area contributed by atoms with Gasteiger partial charge in [-0.1, -0.05) is 0 Å². The van der Waals surface area contributed by atoms with Gasteiger partial charge in [0.25, 0.3) is 0 Å². The Morgan fingerprint density at radius 2 is 1.54 bits per heavy atom. The summed E-state index contributed by atoms with van der Waals surface area (Å²) >= 11 is 1.20. The van der Waals surface area contributed by atoms with Gasteiger partial charge in [-0.2, -0.15) is 11.8 Å². The van der Waals surface area contributed by atoms with Crippen LogP contribution in [0.5, 0.6) is 0 Å². The number of hydrogen-bond donors (Lipinski definition) is 2. The standard InChI is InChI=1S/C5H8O4S.2H2N.Pt/c1-10-2-3(4(6)7)5(8)9;;;/h3H,2H2,1H3,(H,6,7)(H,8,9);2*1H2;/q;2*-1;+2. The van der Waals surface area contributed by atoms with E-state index in [1.54, 1.807) is 6.26 Å². The third kappa shape index (κ3) is 9.81. The van der Waals surface area contributed by atoms with Crippen molar-refractivity contribution in [2.75, 3.05) is 12.0 Å². The zero-order valence-electron chi connectivity index (χ0n) is 6.87. The number of carbonyl (C=O) groups is 2. The molecule has 0 heterocycles. The number of aliphatic carboxylic acids is 2. The van der Waals surface area contributed by atoms with Gasteiger partial charge >= 0.3 is 33.0 Å². The molecule has 0 aromatic carbocycles. The van der Waals surface area contributed by atoms with Gasteiger partial charge in [0.15, 0.2) is 5.92 Å².